The van der Waals surface area contributed by atoms with Crippen molar-refractivity contribution in [3.05, 3.63) is 24.3 Å². The predicted octanol–water partition coefficient (Wildman–Crippen LogP) is 2.14. The Morgan fingerprint density at radius 2 is 1.00 bits per heavy atom. The third-order valence-electron chi connectivity index (χ3n) is 6.85. The van der Waals surface area contributed by atoms with Crippen LogP contribution in [0.5, 0.6) is 0 Å². The minimum atomic E-state index is -0.762. The molecular formula is C32H60N6O6. The van der Waals surface area contributed by atoms with Crippen LogP contribution < -0.4 is 22.9 Å². The van der Waals surface area contributed by atoms with E-state index in [9.17, 15) is 19.2 Å². The third kappa shape index (κ3) is 21.0. The van der Waals surface area contributed by atoms with Crippen molar-refractivity contribution < 1.29 is 28.7 Å². The molecule has 0 unspecified atom stereocenters. The zero-order valence-electron chi connectivity index (χ0n) is 27.3. The lowest BCUT2D eigenvalue weighted by atomic mass is 10.1. The molecular weight excluding hydrogens is 564 g/mol. The van der Waals surface area contributed by atoms with Gasteiger partial charge < -0.3 is 42.2 Å². The fraction of sp³-hybridized carbons (Fsp3) is 0.750. The monoisotopic (exact) mass is 624 g/mol. The molecule has 0 radical (unpaired) electrons. The van der Waals surface area contributed by atoms with Crippen LogP contribution >= 0.6 is 0 Å². The Hall–Kier alpha value is -2.80. The molecule has 2 atom stereocenters. The Bertz CT molecular complexity index is 785. The Labute approximate surface area is 264 Å². The molecule has 0 spiro atoms. The van der Waals surface area contributed by atoms with Crippen molar-refractivity contribution in [2.45, 2.75) is 103 Å². The van der Waals surface area contributed by atoms with Gasteiger partial charge >= 0.3 is 11.9 Å². The standard InChI is InChI=1S/C32H60N6O6/c1-3-5-7-9-13-25-43-29(39)17-23-37(31(41)27(35)15-19-33)21-11-12-22-38(32(42)28(36)16-20-34)24-18-30(40)44-26-14-10-8-6-4-2/h5-8,27-28H,3-4,9-26,33-36H2,1-2H3/b7-5-,8-6-/t27-,28-/m0/s1. The summed E-state index contributed by atoms with van der Waals surface area (Å²) in [6.45, 7) is 6.36. The van der Waals surface area contributed by atoms with Gasteiger partial charge in [0.25, 0.3) is 0 Å². The normalized spacial score (nSPS) is 12.8. The SMILES string of the molecule is CC/C=C\CCCOC(=O)CCN(CCCCN(CCC(=O)OCCC/C=C\CC)C(=O)[C@@H](N)CCN)C(=O)[C@@H](N)CCN. The summed E-state index contributed by atoms with van der Waals surface area (Å²) in [5, 5.41) is 0. The second-order valence-corrected chi connectivity index (χ2v) is 10.7. The molecule has 12 nitrogen and oxygen atoms in total. The van der Waals surface area contributed by atoms with Gasteiger partial charge in [-0.3, -0.25) is 19.2 Å². The van der Waals surface area contributed by atoms with E-state index >= 15 is 0 Å². The van der Waals surface area contributed by atoms with E-state index < -0.39 is 12.1 Å². The van der Waals surface area contributed by atoms with Crippen LogP contribution in [0.1, 0.15) is 90.9 Å². The van der Waals surface area contributed by atoms with Crippen molar-refractivity contribution in [3.63, 3.8) is 0 Å². The zero-order valence-corrected chi connectivity index (χ0v) is 27.3. The number of hydrogen-bond acceptors (Lipinski definition) is 10. The van der Waals surface area contributed by atoms with Gasteiger partial charge in [-0.05, 0) is 77.3 Å². The molecule has 0 saturated heterocycles. The molecule has 0 aliphatic rings. The minimum absolute atomic E-state index is 0.0570. The molecule has 0 rings (SSSR count). The fourth-order valence-corrected chi connectivity index (χ4v) is 4.29. The Balaban J connectivity index is 4.99. The van der Waals surface area contributed by atoms with Crippen LogP contribution in [0, 0.1) is 0 Å². The molecule has 0 saturated carbocycles. The Kier molecular flexibility index (Phi) is 26.0. The molecule has 0 aromatic rings. The average molecular weight is 625 g/mol. The largest absolute Gasteiger partial charge is 0.466 e. The maximum Gasteiger partial charge on any atom is 0.307 e. The highest BCUT2D eigenvalue weighted by Gasteiger charge is 2.23. The quantitative estimate of drug-likeness (QED) is 0.0597. The molecule has 0 aliphatic carbocycles. The van der Waals surface area contributed by atoms with Crippen molar-refractivity contribution >= 4 is 23.8 Å². The highest BCUT2D eigenvalue weighted by atomic mass is 16.5. The number of esters is 2. The van der Waals surface area contributed by atoms with Crippen molar-refractivity contribution in [2.24, 2.45) is 22.9 Å². The van der Waals surface area contributed by atoms with Crippen LogP contribution in [0.25, 0.3) is 0 Å². The topological polar surface area (TPSA) is 197 Å². The van der Waals surface area contributed by atoms with E-state index in [0.29, 0.717) is 52.0 Å². The first-order valence-corrected chi connectivity index (χ1v) is 16.3. The van der Waals surface area contributed by atoms with Gasteiger partial charge in [0.15, 0.2) is 0 Å². The molecule has 8 N–H and O–H groups in total. The third-order valence-corrected chi connectivity index (χ3v) is 6.85. The molecule has 2 amide bonds. The molecule has 0 aliphatic heterocycles. The average Bonchev–Trinajstić information content (AvgIpc) is 3.01. The van der Waals surface area contributed by atoms with E-state index in [1.165, 1.54) is 0 Å². The number of ether oxygens (including phenoxy) is 2. The van der Waals surface area contributed by atoms with E-state index in [-0.39, 0.29) is 62.8 Å². The Morgan fingerprint density at radius 1 is 0.614 bits per heavy atom. The van der Waals surface area contributed by atoms with Gasteiger partial charge in [0.2, 0.25) is 11.8 Å². The maximum absolute atomic E-state index is 13.0. The number of nitrogens with two attached hydrogens (primary N) is 4. The highest BCUT2D eigenvalue weighted by Crippen LogP contribution is 2.08. The molecule has 44 heavy (non-hydrogen) atoms. The second kappa shape index (κ2) is 27.7. The van der Waals surface area contributed by atoms with Crippen molar-refractivity contribution in [1.82, 2.24) is 9.80 Å². The summed E-state index contributed by atoms with van der Waals surface area (Å²) in [6.07, 6.45) is 15.2. The summed E-state index contributed by atoms with van der Waals surface area (Å²) in [7, 11) is 0. The van der Waals surface area contributed by atoms with E-state index in [4.69, 9.17) is 32.4 Å². The summed E-state index contributed by atoms with van der Waals surface area (Å²) in [4.78, 5) is 53.6. The number of rotatable bonds is 27. The number of allylic oxidation sites excluding steroid dienone is 4. The van der Waals surface area contributed by atoms with Crippen LogP contribution in [0.4, 0.5) is 0 Å². The highest BCUT2D eigenvalue weighted by molar-refractivity contribution is 5.83. The zero-order chi connectivity index (χ0) is 33.0. The number of hydrogen-bond donors (Lipinski definition) is 4. The van der Waals surface area contributed by atoms with Crippen LogP contribution in [0.3, 0.4) is 0 Å². The fourth-order valence-electron chi connectivity index (χ4n) is 4.29. The molecule has 0 bridgehead atoms. The lowest BCUT2D eigenvalue weighted by Gasteiger charge is -2.27. The molecule has 12 heteroatoms. The van der Waals surface area contributed by atoms with E-state index in [1.54, 1.807) is 9.80 Å². The first-order chi connectivity index (χ1) is 21.2. The van der Waals surface area contributed by atoms with Gasteiger partial charge in [0.1, 0.15) is 0 Å². The van der Waals surface area contributed by atoms with Gasteiger partial charge in [-0.2, -0.15) is 0 Å². The summed E-state index contributed by atoms with van der Waals surface area (Å²) < 4.78 is 10.6. The first kappa shape index (κ1) is 41.2. The number of carbonyl (C=O) groups is 4. The number of nitrogens with zero attached hydrogens (tertiary/aromatic N) is 2. The van der Waals surface area contributed by atoms with Gasteiger partial charge in [-0.25, -0.2) is 0 Å². The Morgan fingerprint density at radius 3 is 1.34 bits per heavy atom. The smallest absolute Gasteiger partial charge is 0.307 e. The molecule has 254 valence electrons. The summed E-state index contributed by atoms with van der Waals surface area (Å²) in [6, 6.07) is -1.52. The second-order valence-electron chi connectivity index (χ2n) is 10.7. The predicted molar refractivity (Wildman–Crippen MR) is 174 cm³/mol. The van der Waals surface area contributed by atoms with Crippen molar-refractivity contribution in [3.8, 4) is 0 Å². The molecule has 0 aromatic heterocycles. The molecule has 0 aromatic carbocycles. The number of amides is 2. The van der Waals surface area contributed by atoms with Crippen molar-refractivity contribution in [1.29, 1.82) is 0 Å². The van der Waals surface area contributed by atoms with E-state index in [0.717, 1.165) is 38.5 Å². The minimum Gasteiger partial charge on any atom is -0.466 e. The first-order valence-electron chi connectivity index (χ1n) is 16.3. The number of unbranched alkanes of at least 4 members (excludes halogenated alkanes) is 3. The number of carbonyl (C=O) groups excluding carboxylic acids is 4. The van der Waals surface area contributed by atoms with Gasteiger partial charge in [-0.15, -0.1) is 0 Å². The summed E-state index contributed by atoms with van der Waals surface area (Å²) in [5.41, 5.74) is 23.3. The van der Waals surface area contributed by atoms with Crippen LogP contribution in [-0.2, 0) is 28.7 Å². The lowest BCUT2D eigenvalue weighted by molar-refractivity contribution is -0.146. The van der Waals surface area contributed by atoms with Gasteiger partial charge in [0, 0.05) is 26.2 Å². The van der Waals surface area contributed by atoms with Crippen molar-refractivity contribution in [2.75, 3.05) is 52.5 Å². The van der Waals surface area contributed by atoms with E-state index in [1.807, 2.05) is 0 Å². The summed E-state index contributed by atoms with van der Waals surface area (Å²) >= 11 is 0. The molecule has 0 heterocycles. The van der Waals surface area contributed by atoms with Crippen LogP contribution in [0.15, 0.2) is 24.3 Å². The molecule has 0 fully saturated rings. The lowest BCUT2D eigenvalue weighted by Crippen LogP contribution is -2.47. The van der Waals surface area contributed by atoms with E-state index in [2.05, 4.69) is 38.2 Å². The van der Waals surface area contributed by atoms with Gasteiger partial charge in [0.05, 0.1) is 38.1 Å². The van der Waals surface area contributed by atoms with Crippen LogP contribution in [-0.4, -0.2) is 98.1 Å². The van der Waals surface area contributed by atoms with Crippen LogP contribution in [0.2, 0.25) is 0 Å². The van der Waals surface area contributed by atoms with Gasteiger partial charge in [-0.1, -0.05) is 38.2 Å². The summed E-state index contributed by atoms with van der Waals surface area (Å²) in [5.74, 6) is -1.30. The maximum atomic E-state index is 13.0.